The molecule has 324 valence electrons. The highest BCUT2D eigenvalue weighted by atomic mass is 16.5. The van der Waals surface area contributed by atoms with E-state index in [1.165, 1.54) is 231 Å². The lowest BCUT2D eigenvalue weighted by atomic mass is 9.51. The van der Waals surface area contributed by atoms with Crippen molar-refractivity contribution in [2.75, 3.05) is 6.61 Å². The van der Waals surface area contributed by atoms with Crippen molar-refractivity contribution in [1.29, 1.82) is 0 Å². The number of ether oxygens (including phenoxy) is 1. The highest BCUT2D eigenvalue weighted by Gasteiger charge is 2.48. The number of hydrogen-bond acceptors (Lipinski definition) is 2. The maximum absolute atomic E-state index is 14.0. The predicted molar refractivity (Wildman–Crippen MR) is 244 cm³/mol. The Hall–Kier alpha value is -0.530. The molecule has 2 heteroatoms. The normalized spacial score (nSPS) is 12.5. The van der Waals surface area contributed by atoms with Crippen LogP contribution in [0.15, 0.2) is 0 Å². The van der Waals surface area contributed by atoms with Crippen molar-refractivity contribution in [2.24, 2.45) is 16.2 Å². The lowest BCUT2D eigenvalue weighted by Gasteiger charge is -2.54. The number of carbonyl (C=O) groups excluding carboxylic acids is 1. The van der Waals surface area contributed by atoms with Crippen molar-refractivity contribution in [1.82, 2.24) is 0 Å². The van der Waals surface area contributed by atoms with Gasteiger partial charge in [-0.2, -0.15) is 0 Å². The number of rotatable bonds is 43. The predicted octanol–water partition coefficient (Wildman–Crippen LogP) is 18.9. The number of unbranched alkanes of at least 4 members (excludes halogenated alkanes) is 22. The Morgan fingerprint density at radius 2 is 0.500 bits per heavy atom. The van der Waals surface area contributed by atoms with Gasteiger partial charge in [0, 0.05) is 0 Å². The fraction of sp³-hybridized carbons (Fsp3) is 0.981. The van der Waals surface area contributed by atoms with Crippen LogP contribution in [0, 0.1) is 16.2 Å². The van der Waals surface area contributed by atoms with Gasteiger partial charge in [0.25, 0.3) is 0 Å². The maximum Gasteiger partial charge on any atom is 0.312 e. The third kappa shape index (κ3) is 23.0. The first-order chi connectivity index (χ1) is 26.4. The largest absolute Gasteiger partial charge is 0.466 e. The SMILES string of the molecule is CCCCCCC(CCCCCC)(CCCCC(CCCCCC)(CCCCCC)C(CCCCCC)(CCCCCC)CCCCCC)C(=O)OCC. The monoisotopic (exact) mass is 761 g/mol. The summed E-state index contributed by atoms with van der Waals surface area (Å²) in [7, 11) is 0. The van der Waals surface area contributed by atoms with Crippen molar-refractivity contribution in [3.8, 4) is 0 Å². The van der Waals surface area contributed by atoms with E-state index in [2.05, 4.69) is 48.5 Å². The standard InChI is InChI=1S/C52H104O2/c1-9-17-24-31-40-50(49(53)54-16-8,41-32-25-18-10-2)42-38-39-48-52(46-36-29-22-14-6,47-37-30-23-15-7)51(43-33-26-19-11-3,44-34-27-20-12-4)45-35-28-21-13-5/h9-48H2,1-8H3. The molecule has 0 aliphatic carbocycles. The summed E-state index contributed by atoms with van der Waals surface area (Å²) in [6.07, 6.45) is 52.1. The van der Waals surface area contributed by atoms with Gasteiger partial charge in [-0.15, -0.1) is 0 Å². The molecule has 0 N–H and O–H groups in total. The lowest BCUT2D eigenvalue weighted by Crippen LogP contribution is -2.43. The molecule has 0 radical (unpaired) electrons. The number of hydrogen-bond donors (Lipinski definition) is 0. The van der Waals surface area contributed by atoms with Crippen LogP contribution in [0.3, 0.4) is 0 Å². The third-order valence-electron chi connectivity index (χ3n) is 14.0. The van der Waals surface area contributed by atoms with Crippen molar-refractivity contribution in [2.45, 2.75) is 306 Å². The van der Waals surface area contributed by atoms with E-state index in [0.29, 0.717) is 17.4 Å². The van der Waals surface area contributed by atoms with Crippen molar-refractivity contribution < 1.29 is 9.53 Å². The minimum absolute atomic E-state index is 0.139. The number of carbonyl (C=O) groups is 1. The fourth-order valence-electron chi connectivity index (χ4n) is 10.5. The summed E-state index contributed by atoms with van der Waals surface area (Å²) in [5, 5.41) is 0. The van der Waals surface area contributed by atoms with Crippen LogP contribution >= 0.6 is 0 Å². The Labute approximate surface area is 343 Å². The fourth-order valence-corrected chi connectivity index (χ4v) is 10.5. The van der Waals surface area contributed by atoms with Crippen LogP contribution in [0.25, 0.3) is 0 Å². The Morgan fingerprint density at radius 1 is 0.296 bits per heavy atom. The first-order valence-corrected chi connectivity index (χ1v) is 25.5. The number of esters is 1. The molecule has 0 unspecified atom stereocenters. The minimum atomic E-state index is -0.278. The summed E-state index contributed by atoms with van der Waals surface area (Å²) < 4.78 is 5.98. The third-order valence-corrected chi connectivity index (χ3v) is 14.0. The van der Waals surface area contributed by atoms with Crippen LogP contribution in [0.1, 0.15) is 306 Å². The molecule has 0 aliphatic heterocycles. The van der Waals surface area contributed by atoms with Gasteiger partial charge in [0.05, 0.1) is 12.0 Å². The smallest absolute Gasteiger partial charge is 0.312 e. The van der Waals surface area contributed by atoms with Gasteiger partial charge in [-0.3, -0.25) is 4.79 Å². The van der Waals surface area contributed by atoms with E-state index >= 15 is 0 Å². The molecule has 0 saturated carbocycles. The second kappa shape index (κ2) is 36.8. The van der Waals surface area contributed by atoms with E-state index in [1.807, 2.05) is 6.92 Å². The second-order valence-corrected chi connectivity index (χ2v) is 18.4. The average molecular weight is 761 g/mol. The van der Waals surface area contributed by atoms with Gasteiger partial charge in [-0.25, -0.2) is 0 Å². The molecular weight excluding hydrogens is 657 g/mol. The first kappa shape index (κ1) is 53.5. The molecule has 54 heavy (non-hydrogen) atoms. The molecule has 0 saturated heterocycles. The molecule has 0 atom stereocenters. The minimum Gasteiger partial charge on any atom is -0.466 e. The summed E-state index contributed by atoms with van der Waals surface area (Å²) >= 11 is 0. The van der Waals surface area contributed by atoms with Gasteiger partial charge in [0.2, 0.25) is 0 Å². The van der Waals surface area contributed by atoms with Crippen molar-refractivity contribution in [3.05, 3.63) is 0 Å². The summed E-state index contributed by atoms with van der Waals surface area (Å²) in [6.45, 7) is 19.1. The molecule has 2 nitrogen and oxygen atoms in total. The Kier molecular flexibility index (Phi) is 36.4. The van der Waals surface area contributed by atoms with E-state index in [0.717, 1.165) is 19.3 Å². The molecule has 0 fully saturated rings. The van der Waals surface area contributed by atoms with E-state index in [1.54, 1.807) is 0 Å². The van der Waals surface area contributed by atoms with Gasteiger partial charge in [0.1, 0.15) is 0 Å². The van der Waals surface area contributed by atoms with E-state index in [4.69, 9.17) is 4.74 Å². The topological polar surface area (TPSA) is 26.3 Å². The molecule has 0 bridgehead atoms. The van der Waals surface area contributed by atoms with Gasteiger partial charge < -0.3 is 4.74 Å². The second-order valence-electron chi connectivity index (χ2n) is 18.4. The van der Waals surface area contributed by atoms with E-state index < -0.39 is 0 Å². The lowest BCUT2D eigenvalue weighted by molar-refractivity contribution is -0.157. The Balaban J connectivity index is 6.94. The van der Waals surface area contributed by atoms with Gasteiger partial charge in [0.15, 0.2) is 0 Å². The van der Waals surface area contributed by atoms with Crippen LogP contribution < -0.4 is 0 Å². The van der Waals surface area contributed by atoms with Crippen LogP contribution in [0.5, 0.6) is 0 Å². The highest BCUT2D eigenvalue weighted by Crippen LogP contribution is 2.59. The van der Waals surface area contributed by atoms with E-state index in [-0.39, 0.29) is 11.4 Å². The maximum atomic E-state index is 14.0. The Morgan fingerprint density at radius 3 is 0.722 bits per heavy atom. The zero-order valence-corrected chi connectivity index (χ0v) is 39.1. The summed E-state index contributed by atoms with van der Waals surface area (Å²) in [5.41, 5.74) is 0.632. The average Bonchev–Trinajstić information content (AvgIpc) is 3.18. The molecule has 0 aromatic heterocycles. The van der Waals surface area contributed by atoms with Crippen LogP contribution in [0.2, 0.25) is 0 Å². The summed E-state index contributed by atoms with van der Waals surface area (Å²) in [4.78, 5) is 14.0. The Bertz CT molecular complexity index is 730. The molecule has 0 amide bonds. The van der Waals surface area contributed by atoms with Crippen LogP contribution in [0.4, 0.5) is 0 Å². The molecule has 0 spiro atoms. The van der Waals surface area contributed by atoms with Crippen LogP contribution in [-0.2, 0) is 9.53 Å². The zero-order valence-electron chi connectivity index (χ0n) is 39.1. The van der Waals surface area contributed by atoms with E-state index in [9.17, 15) is 4.79 Å². The van der Waals surface area contributed by atoms with Crippen molar-refractivity contribution >= 4 is 5.97 Å². The molecular formula is C52H104O2. The quantitative estimate of drug-likeness (QED) is 0.0457. The van der Waals surface area contributed by atoms with Crippen LogP contribution in [-0.4, -0.2) is 12.6 Å². The van der Waals surface area contributed by atoms with Gasteiger partial charge in [-0.1, -0.05) is 241 Å². The first-order valence-electron chi connectivity index (χ1n) is 25.5. The molecule has 0 heterocycles. The highest BCUT2D eigenvalue weighted by molar-refractivity contribution is 5.76. The molecule has 0 aromatic rings. The molecule has 0 rings (SSSR count). The molecule has 0 aromatic carbocycles. The zero-order chi connectivity index (χ0) is 40.1. The van der Waals surface area contributed by atoms with Gasteiger partial charge >= 0.3 is 5.97 Å². The van der Waals surface area contributed by atoms with Gasteiger partial charge in [-0.05, 0) is 75.5 Å². The summed E-state index contributed by atoms with van der Waals surface area (Å²) in [5.74, 6) is 0.139. The summed E-state index contributed by atoms with van der Waals surface area (Å²) in [6, 6.07) is 0. The van der Waals surface area contributed by atoms with Crippen molar-refractivity contribution in [3.63, 3.8) is 0 Å². The molecule has 0 aliphatic rings.